The Bertz CT molecular complexity index is 653. The number of hydrogen-bond donors (Lipinski definition) is 2. The van der Waals surface area contributed by atoms with E-state index in [-0.39, 0.29) is 11.8 Å². The van der Waals surface area contributed by atoms with E-state index in [1.165, 1.54) is 18.3 Å². The second-order valence-corrected chi connectivity index (χ2v) is 4.70. The summed E-state index contributed by atoms with van der Waals surface area (Å²) in [6.45, 7) is 2.46. The molecule has 0 bridgehead atoms. The molecule has 21 heavy (non-hydrogen) atoms. The van der Waals surface area contributed by atoms with Gasteiger partial charge in [0.2, 0.25) is 0 Å². The Balaban J connectivity index is 1.80. The van der Waals surface area contributed by atoms with Crippen molar-refractivity contribution in [1.29, 1.82) is 0 Å². The predicted molar refractivity (Wildman–Crippen MR) is 82.0 cm³/mol. The van der Waals surface area contributed by atoms with Gasteiger partial charge >= 0.3 is 6.03 Å². The van der Waals surface area contributed by atoms with Gasteiger partial charge in [-0.2, -0.15) is 0 Å². The normalized spacial score (nSPS) is 10.6. The second kappa shape index (κ2) is 7.24. The molecule has 3 nitrogen and oxygen atoms in total. The van der Waals surface area contributed by atoms with Crippen molar-refractivity contribution < 1.29 is 9.18 Å². The summed E-state index contributed by atoms with van der Waals surface area (Å²) in [5, 5.41) is 5.33. The van der Waals surface area contributed by atoms with Crippen molar-refractivity contribution in [2.24, 2.45) is 0 Å². The number of aryl methyl sites for hydroxylation is 1. The van der Waals surface area contributed by atoms with Crippen molar-refractivity contribution in [2.75, 3.05) is 0 Å². The molecule has 108 valence electrons. The highest BCUT2D eigenvalue weighted by Gasteiger charge is 1.98. The number of urea groups is 1. The van der Waals surface area contributed by atoms with Gasteiger partial charge in [0, 0.05) is 12.7 Å². The molecule has 0 aromatic heterocycles. The molecule has 0 saturated heterocycles. The van der Waals surface area contributed by atoms with Crippen molar-refractivity contribution >= 4 is 12.1 Å². The molecule has 4 heteroatoms. The Hall–Kier alpha value is -2.62. The van der Waals surface area contributed by atoms with Crippen LogP contribution in [0.2, 0.25) is 0 Å². The van der Waals surface area contributed by atoms with E-state index >= 15 is 0 Å². The predicted octanol–water partition coefficient (Wildman–Crippen LogP) is 3.60. The number of carbonyl (C=O) groups is 1. The average molecular weight is 284 g/mol. The van der Waals surface area contributed by atoms with Gasteiger partial charge in [0.1, 0.15) is 5.82 Å². The minimum atomic E-state index is -0.305. The quantitative estimate of drug-likeness (QED) is 0.885. The molecular weight excluding hydrogens is 267 g/mol. The first-order chi connectivity index (χ1) is 10.1. The summed E-state index contributed by atoms with van der Waals surface area (Å²) in [4.78, 5) is 11.6. The second-order valence-electron chi connectivity index (χ2n) is 4.70. The van der Waals surface area contributed by atoms with Gasteiger partial charge in [-0.3, -0.25) is 0 Å². The van der Waals surface area contributed by atoms with E-state index in [0.717, 1.165) is 11.1 Å². The Morgan fingerprint density at radius 1 is 1.19 bits per heavy atom. The lowest BCUT2D eigenvalue weighted by Gasteiger charge is -2.05. The van der Waals surface area contributed by atoms with Crippen LogP contribution in [0.25, 0.3) is 6.08 Å². The highest BCUT2D eigenvalue weighted by Crippen LogP contribution is 2.05. The zero-order valence-electron chi connectivity index (χ0n) is 11.8. The highest BCUT2D eigenvalue weighted by molar-refractivity contribution is 5.75. The summed E-state index contributed by atoms with van der Waals surface area (Å²) < 4.78 is 13.0. The molecule has 0 unspecified atom stereocenters. The Morgan fingerprint density at radius 3 is 2.76 bits per heavy atom. The first kappa shape index (κ1) is 14.8. The molecule has 0 heterocycles. The molecule has 0 spiro atoms. The maximum absolute atomic E-state index is 13.0. The lowest BCUT2D eigenvalue weighted by molar-refractivity contribution is 0.244. The summed E-state index contributed by atoms with van der Waals surface area (Å²) in [5.41, 5.74) is 2.88. The highest BCUT2D eigenvalue weighted by atomic mass is 19.1. The van der Waals surface area contributed by atoms with E-state index in [4.69, 9.17) is 0 Å². The maximum atomic E-state index is 13.0. The van der Waals surface area contributed by atoms with E-state index in [1.807, 2.05) is 31.2 Å². The van der Waals surface area contributed by atoms with Gasteiger partial charge < -0.3 is 10.6 Å². The number of amides is 2. The molecule has 2 N–H and O–H groups in total. The Morgan fingerprint density at radius 2 is 2.00 bits per heavy atom. The van der Waals surface area contributed by atoms with Gasteiger partial charge in [-0.05, 0) is 36.3 Å². The van der Waals surface area contributed by atoms with Gasteiger partial charge in [0.25, 0.3) is 0 Å². The molecule has 2 aromatic rings. The molecule has 0 radical (unpaired) electrons. The smallest absolute Gasteiger partial charge is 0.319 e. The van der Waals surface area contributed by atoms with Crippen LogP contribution in [0.3, 0.4) is 0 Å². The monoisotopic (exact) mass is 284 g/mol. The van der Waals surface area contributed by atoms with Crippen molar-refractivity contribution in [1.82, 2.24) is 10.6 Å². The number of benzene rings is 2. The van der Waals surface area contributed by atoms with Crippen molar-refractivity contribution in [2.45, 2.75) is 13.5 Å². The standard InChI is InChI=1S/C17H17FN2O/c1-13-4-2-6-15(10-13)12-20-17(21)19-9-8-14-5-3-7-16(18)11-14/h2-11H,12H2,1H3,(H2,19,20,21)/b9-8+. The largest absolute Gasteiger partial charge is 0.334 e. The fourth-order valence-electron chi connectivity index (χ4n) is 1.88. The molecule has 0 aliphatic carbocycles. The SMILES string of the molecule is Cc1cccc(CNC(=O)N/C=C/c2cccc(F)c2)c1. The van der Waals surface area contributed by atoms with E-state index in [2.05, 4.69) is 10.6 Å². The van der Waals surface area contributed by atoms with Gasteiger partial charge in [0.15, 0.2) is 0 Å². The molecule has 0 aliphatic heterocycles. The summed E-state index contributed by atoms with van der Waals surface area (Å²) in [7, 11) is 0. The van der Waals surface area contributed by atoms with Gasteiger partial charge in [0.05, 0.1) is 0 Å². The van der Waals surface area contributed by atoms with Crippen molar-refractivity contribution in [3.8, 4) is 0 Å². The van der Waals surface area contributed by atoms with Crippen molar-refractivity contribution in [3.05, 3.63) is 77.2 Å². The van der Waals surface area contributed by atoms with E-state index < -0.39 is 0 Å². The third-order valence-electron chi connectivity index (χ3n) is 2.87. The van der Waals surface area contributed by atoms with Gasteiger partial charge in [-0.25, -0.2) is 9.18 Å². The Kier molecular flexibility index (Phi) is 5.10. The summed E-state index contributed by atoms with van der Waals surface area (Å²) >= 11 is 0. The van der Waals surface area contributed by atoms with Crippen LogP contribution in [0.5, 0.6) is 0 Å². The third-order valence-corrected chi connectivity index (χ3v) is 2.87. The zero-order chi connectivity index (χ0) is 15.1. The molecule has 0 aliphatic rings. The molecule has 2 aromatic carbocycles. The fourth-order valence-corrected chi connectivity index (χ4v) is 1.88. The molecule has 2 rings (SSSR count). The van der Waals surface area contributed by atoms with Crippen LogP contribution in [-0.4, -0.2) is 6.03 Å². The van der Waals surface area contributed by atoms with Crippen LogP contribution in [0.1, 0.15) is 16.7 Å². The van der Waals surface area contributed by atoms with Crippen LogP contribution < -0.4 is 10.6 Å². The minimum Gasteiger partial charge on any atom is -0.334 e. The maximum Gasteiger partial charge on any atom is 0.319 e. The van der Waals surface area contributed by atoms with Crippen LogP contribution in [-0.2, 0) is 6.54 Å². The van der Waals surface area contributed by atoms with E-state index in [1.54, 1.807) is 18.2 Å². The number of hydrogen-bond acceptors (Lipinski definition) is 1. The third kappa shape index (κ3) is 5.10. The molecule has 2 amide bonds. The van der Waals surface area contributed by atoms with Crippen LogP contribution in [0.4, 0.5) is 9.18 Å². The summed E-state index contributed by atoms with van der Waals surface area (Å²) in [6, 6.07) is 13.8. The number of halogens is 1. The van der Waals surface area contributed by atoms with Crippen LogP contribution in [0.15, 0.2) is 54.7 Å². The molecule has 0 atom stereocenters. The van der Waals surface area contributed by atoms with Crippen LogP contribution in [0, 0.1) is 12.7 Å². The van der Waals surface area contributed by atoms with Crippen LogP contribution >= 0.6 is 0 Å². The lowest BCUT2D eigenvalue weighted by atomic mass is 10.1. The van der Waals surface area contributed by atoms with Gasteiger partial charge in [-0.15, -0.1) is 0 Å². The number of rotatable bonds is 4. The summed E-state index contributed by atoms with van der Waals surface area (Å²) in [5.74, 6) is -0.305. The molecule has 0 fully saturated rings. The minimum absolute atomic E-state index is 0.302. The van der Waals surface area contributed by atoms with E-state index in [0.29, 0.717) is 12.1 Å². The van der Waals surface area contributed by atoms with E-state index in [9.17, 15) is 9.18 Å². The molecular formula is C17H17FN2O. The fraction of sp³-hybridized carbons (Fsp3) is 0.118. The zero-order valence-corrected chi connectivity index (χ0v) is 11.8. The first-order valence-corrected chi connectivity index (χ1v) is 6.65. The summed E-state index contributed by atoms with van der Waals surface area (Å²) in [6.07, 6.45) is 3.12. The Labute approximate surface area is 123 Å². The van der Waals surface area contributed by atoms with Gasteiger partial charge in [-0.1, -0.05) is 42.0 Å². The number of nitrogens with one attached hydrogen (secondary N) is 2. The molecule has 0 saturated carbocycles. The number of carbonyl (C=O) groups excluding carboxylic acids is 1. The first-order valence-electron chi connectivity index (χ1n) is 6.65. The van der Waals surface area contributed by atoms with Crippen molar-refractivity contribution in [3.63, 3.8) is 0 Å². The average Bonchev–Trinajstić information content (AvgIpc) is 2.45. The lowest BCUT2D eigenvalue weighted by Crippen LogP contribution is -2.31. The topological polar surface area (TPSA) is 41.1 Å².